The molecule has 36 heavy (non-hydrogen) atoms. The zero-order chi connectivity index (χ0) is 25.8. The fraction of sp³-hybridized carbons (Fsp3) is 0.217. The van der Waals surface area contributed by atoms with E-state index in [-0.39, 0.29) is 40.6 Å². The summed E-state index contributed by atoms with van der Waals surface area (Å²) in [6.45, 7) is 0.373. The van der Waals surface area contributed by atoms with Gasteiger partial charge in [-0.05, 0) is 24.3 Å². The van der Waals surface area contributed by atoms with Crippen LogP contribution in [0.15, 0.2) is 41.9 Å². The van der Waals surface area contributed by atoms with Gasteiger partial charge in [0.1, 0.15) is 17.0 Å². The lowest BCUT2D eigenvalue weighted by molar-refractivity contribution is -0.137. The molecule has 0 aliphatic carbocycles. The highest BCUT2D eigenvalue weighted by atomic mass is 35.5. The molecular weight excluding hydrogens is 519 g/mol. The van der Waals surface area contributed by atoms with Crippen molar-refractivity contribution in [2.24, 2.45) is 7.05 Å². The fourth-order valence-electron chi connectivity index (χ4n) is 4.06. The molecule has 13 heteroatoms. The monoisotopic (exact) mass is 535 g/mol. The number of aromatic nitrogens is 3. The minimum atomic E-state index is -4.88. The summed E-state index contributed by atoms with van der Waals surface area (Å²) in [6.07, 6.45) is -5.46. The second kappa shape index (κ2) is 8.87. The van der Waals surface area contributed by atoms with Crippen molar-refractivity contribution in [3.05, 3.63) is 63.8 Å². The number of nitrogens with one attached hydrogen (secondary N) is 1. The molecule has 0 atom stereocenters. The number of hydrogen-bond acceptors (Lipinski definition) is 6. The maximum Gasteiger partial charge on any atom is 0.420 e. The Morgan fingerprint density at radius 2 is 1.97 bits per heavy atom. The SMILES string of the molecule is Cn1nc(-c2cccc3ncsc23)c(C(F)(F)F)c1C(=O)Nc1ccc(C(=O)N2CC(O)C2)c(Cl)c1. The molecule has 8 nitrogen and oxygen atoms in total. The molecule has 2 N–H and O–H groups in total. The van der Waals surface area contributed by atoms with Crippen molar-refractivity contribution < 1.29 is 27.9 Å². The molecule has 4 aromatic rings. The van der Waals surface area contributed by atoms with Crippen LogP contribution in [0.4, 0.5) is 18.9 Å². The number of likely N-dealkylation sites (tertiary alicyclic amines) is 1. The molecular formula is C23H17ClF3N5O3S. The number of rotatable bonds is 4. The van der Waals surface area contributed by atoms with E-state index in [1.54, 1.807) is 12.1 Å². The Morgan fingerprint density at radius 3 is 2.64 bits per heavy atom. The van der Waals surface area contributed by atoms with Crippen LogP contribution in [0.25, 0.3) is 21.5 Å². The van der Waals surface area contributed by atoms with Crippen LogP contribution in [-0.4, -0.2) is 55.8 Å². The van der Waals surface area contributed by atoms with E-state index in [1.807, 2.05) is 0 Å². The lowest BCUT2D eigenvalue weighted by Crippen LogP contribution is -2.53. The van der Waals surface area contributed by atoms with E-state index >= 15 is 0 Å². The summed E-state index contributed by atoms with van der Waals surface area (Å²) in [5, 5.41) is 15.9. The first-order valence-electron chi connectivity index (χ1n) is 10.6. The van der Waals surface area contributed by atoms with Gasteiger partial charge < -0.3 is 15.3 Å². The van der Waals surface area contributed by atoms with Gasteiger partial charge in [0.15, 0.2) is 0 Å². The highest BCUT2D eigenvalue weighted by Crippen LogP contribution is 2.42. The van der Waals surface area contributed by atoms with Crippen molar-refractivity contribution in [3.8, 4) is 11.3 Å². The molecule has 2 aromatic carbocycles. The van der Waals surface area contributed by atoms with E-state index in [4.69, 9.17) is 11.6 Å². The minimum Gasteiger partial charge on any atom is -0.389 e. The predicted octanol–water partition coefficient (Wildman–Crippen LogP) is 4.44. The fourth-order valence-corrected chi connectivity index (χ4v) is 5.13. The van der Waals surface area contributed by atoms with Crippen molar-refractivity contribution in [1.29, 1.82) is 0 Å². The summed E-state index contributed by atoms with van der Waals surface area (Å²) in [5.74, 6) is -1.43. The molecule has 0 spiro atoms. The summed E-state index contributed by atoms with van der Waals surface area (Å²) < 4.78 is 44.2. The number of halogens is 4. The van der Waals surface area contributed by atoms with E-state index in [9.17, 15) is 27.9 Å². The third-order valence-corrected chi connectivity index (χ3v) is 6.95. The molecule has 1 aliphatic heterocycles. The highest BCUT2D eigenvalue weighted by Gasteiger charge is 2.42. The van der Waals surface area contributed by atoms with E-state index in [1.165, 1.54) is 53.1 Å². The smallest absolute Gasteiger partial charge is 0.389 e. The number of hydrogen-bond donors (Lipinski definition) is 2. The number of aliphatic hydroxyl groups excluding tert-OH is 1. The summed E-state index contributed by atoms with van der Waals surface area (Å²) in [5.41, 5.74) is 0.311. The number of alkyl halides is 3. The highest BCUT2D eigenvalue weighted by molar-refractivity contribution is 7.17. The standard InChI is InChI=1S/C23H17ClF3N5O3S/c1-31-19(17(23(25,26)27)18(30-31)14-3-2-4-16-20(14)36-10-28-16)21(34)29-11-5-6-13(15(24)7-11)22(35)32-8-12(33)9-32/h2-7,10,12,33H,8-9H2,1H3,(H,29,34). The number of amides is 2. The predicted molar refractivity (Wildman–Crippen MR) is 128 cm³/mol. The molecule has 1 aliphatic rings. The third kappa shape index (κ3) is 4.21. The van der Waals surface area contributed by atoms with Crippen molar-refractivity contribution in [2.45, 2.75) is 12.3 Å². The van der Waals surface area contributed by atoms with Crippen LogP contribution < -0.4 is 5.32 Å². The zero-order valence-electron chi connectivity index (χ0n) is 18.5. The first-order valence-corrected chi connectivity index (χ1v) is 11.9. The Bertz CT molecular complexity index is 1510. The number of aliphatic hydroxyl groups is 1. The second-order valence-corrected chi connectivity index (χ2v) is 9.47. The molecule has 2 aromatic heterocycles. The number of carbonyl (C=O) groups excluding carboxylic acids is 2. The first kappa shape index (κ1) is 24.2. The Morgan fingerprint density at radius 1 is 1.22 bits per heavy atom. The van der Waals surface area contributed by atoms with Gasteiger partial charge in [0.2, 0.25) is 0 Å². The summed E-state index contributed by atoms with van der Waals surface area (Å²) in [4.78, 5) is 31.1. The van der Waals surface area contributed by atoms with Gasteiger partial charge in [-0.1, -0.05) is 23.7 Å². The van der Waals surface area contributed by atoms with Crippen molar-refractivity contribution in [2.75, 3.05) is 18.4 Å². The van der Waals surface area contributed by atoms with Crippen LogP contribution in [0.3, 0.4) is 0 Å². The summed E-state index contributed by atoms with van der Waals surface area (Å²) in [6, 6.07) is 8.79. The van der Waals surface area contributed by atoms with Crippen molar-refractivity contribution in [1.82, 2.24) is 19.7 Å². The van der Waals surface area contributed by atoms with E-state index < -0.39 is 35.4 Å². The van der Waals surface area contributed by atoms with Gasteiger partial charge in [0.25, 0.3) is 11.8 Å². The van der Waals surface area contributed by atoms with Crippen LogP contribution >= 0.6 is 22.9 Å². The molecule has 0 bridgehead atoms. The van der Waals surface area contributed by atoms with E-state index in [0.29, 0.717) is 10.2 Å². The second-order valence-electron chi connectivity index (χ2n) is 8.21. The molecule has 1 saturated heterocycles. The van der Waals surface area contributed by atoms with Gasteiger partial charge in [-0.3, -0.25) is 14.3 Å². The number of nitrogens with zero attached hydrogens (tertiary/aromatic N) is 4. The number of anilines is 1. The van der Waals surface area contributed by atoms with Gasteiger partial charge in [0.05, 0.1) is 32.4 Å². The maximum absolute atomic E-state index is 14.3. The average molecular weight is 536 g/mol. The first-order chi connectivity index (χ1) is 17.0. The lowest BCUT2D eigenvalue weighted by Gasteiger charge is -2.36. The van der Waals surface area contributed by atoms with E-state index in [2.05, 4.69) is 15.4 Å². The van der Waals surface area contributed by atoms with Crippen LogP contribution in [-0.2, 0) is 13.2 Å². The minimum absolute atomic E-state index is 0.0119. The molecule has 1 fully saturated rings. The van der Waals surface area contributed by atoms with Crippen LogP contribution in [0.1, 0.15) is 26.4 Å². The lowest BCUT2D eigenvalue weighted by atomic mass is 10.0. The van der Waals surface area contributed by atoms with Gasteiger partial charge in [-0.2, -0.15) is 18.3 Å². The normalized spacial score (nSPS) is 14.2. The molecule has 0 radical (unpaired) electrons. The molecule has 0 unspecified atom stereocenters. The molecule has 3 heterocycles. The largest absolute Gasteiger partial charge is 0.420 e. The van der Waals surface area contributed by atoms with Crippen LogP contribution in [0.2, 0.25) is 5.02 Å². The number of thiazole rings is 1. The van der Waals surface area contributed by atoms with Crippen molar-refractivity contribution in [3.63, 3.8) is 0 Å². The van der Waals surface area contributed by atoms with Gasteiger partial charge in [0, 0.05) is 31.4 Å². The number of fused-ring (bicyclic) bond motifs is 1. The third-order valence-electron chi connectivity index (χ3n) is 5.76. The van der Waals surface area contributed by atoms with Gasteiger partial charge in [-0.15, -0.1) is 11.3 Å². The van der Waals surface area contributed by atoms with Gasteiger partial charge >= 0.3 is 6.18 Å². The zero-order valence-corrected chi connectivity index (χ0v) is 20.1. The molecule has 5 rings (SSSR count). The van der Waals surface area contributed by atoms with Gasteiger partial charge in [-0.25, -0.2) is 4.98 Å². The Labute approximate surface area is 210 Å². The Balaban J connectivity index is 1.49. The van der Waals surface area contributed by atoms with Crippen LogP contribution in [0.5, 0.6) is 0 Å². The number of β-amino-alcohol motifs (C(OH)–C–C–N with tert-alkyl or cyclic N) is 1. The van der Waals surface area contributed by atoms with E-state index in [0.717, 1.165) is 4.68 Å². The quantitative estimate of drug-likeness (QED) is 0.402. The Kier molecular flexibility index (Phi) is 5.97. The number of carbonyl (C=O) groups is 2. The maximum atomic E-state index is 14.3. The van der Waals surface area contributed by atoms with Crippen molar-refractivity contribution >= 4 is 50.7 Å². The number of benzene rings is 2. The molecule has 186 valence electrons. The Hall–Kier alpha value is -3.48. The number of aryl methyl sites for hydroxylation is 1. The molecule has 0 saturated carbocycles. The summed E-state index contributed by atoms with van der Waals surface area (Å²) in [7, 11) is 1.26. The average Bonchev–Trinajstić information content (AvgIpc) is 3.40. The van der Waals surface area contributed by atoms with Crippen LogP contribution in [0, 0.1) is 0 Å². The summed E-state index contributed by atoms with van der Waals surface area (Å²) >= 11 is 7.40. The topological polar surface area (TPSA) is 100 Å². The molecule has 2 amide bonds.